The average Bonchev–Trinajstić information content (AvgIpc) is 2.93. The molecule has 7 atom stereocenters. The van der Waals surface area contributed by atoms with Gasteiger partial charge in [-0.15, -0.1) is 0 Å². The van der Waals surface area contributed by atoms with Crippen molar-refractivity contribution in [3.8, 4) is 17.2 Å². The lowest BCUT2D eigenvalue weighted by Gasteiger charge is -2.46. The van der Waals surface area contributed by atoms with Crippen molar-refractivity contribution in [3.05, 3.63) is 51.6 Å². The summed E-state index contributed by atoms with van der Waals surface area (Å²) in [5.41, 5.74) is -4.22. The lowest BCUT2D eigenvalue weighted by atomic mass is 9.66. The lowest BCUT2D eigenvalue weighted by molar-refractivity contribution is -0.258. The molecule has 236 valence electrons. The van der Waals surface area contributed by atoms with Gasteiger partial charge >= 0.3 is 5.97 Å². The molecular formula is C31H35NO12. The van der Waals surface area contributed by atoms with Gasteiger partial charge in [-0.1, -0.05) is 0 Å². The number of hydrogen-bond donors (Lipinski definition) is 5. The Morgan fingerprint density at radius 3 is 2.25 bits per heavy atom. The minimum absolute atomic E-state index is 0.111. The topological polar surface area (TPSA) is 200 Å². The molecule has 3 unspecified atom stereocenters. The van der Waals surface area contributed by atoms with Gasteiger partial charge in [-0.2, -0.15) is 0 Å². The third kappa shape index (κ3) is 4.94. The van der Waals surface area contributed by atoms with E-state index in [1.807, 2.05) is 0 Å². The van der Waals surface area contributed by atoms with Gasteiger partial charge in [-0.25, -0.2) is 0 Å². The molecule has 5 N–H and O–H groups in total. The Labute approximate surface area is 252 Å². The van der Waals surface area contributed by atoms with E-state index in [9.17, 15) is 44.7 Å². The number of Topliss-reactive ketones (excluding diaryl/α,β-unsaturated/α-hetero) is 1. The first-order chi connectivity index (χ1) is 20.6. The van der Waals surface area contributed by atoms with E-state index in [4.69, 9.17) is 14.2 Å². The number of hydrogen-bond acceptors (Lipinski definition) is 13. The van der Waals surface area contributed by atoms with Gasteiger partial charge in [0.05, 0.1) is 47.7 Å². The van der Waals surface area contributed by atoms with E-state index in [1.165, 1.54) is 6.92 Å². The summed E-state index contributed by atoms with van der Waals surface area (Å²) in [5.74, 6) is -6.82. The fourth-order valence-corrected chi connectivity index (χ4v) is 6.82. The molecule has 1 heterocycles. The van der Waals surface area contributed by atoms with E-state index in [0.717, 1.165) is 25.3 Å². The second-order valence-corrected chi connectivity index (χ2v) is 12.0. The van der Waals surface area contributed by atoms with Crippen LogP contribution >= 0.6 is 0 Å². The minimum atomic E-state index is -2.11. The van der Waals surface area contributed by atoms with E-state index in [0.29, 0.717) is 0 Å². The Morgan fingerprint density at radius 2 is 1.68 bits per heavy atom. The van der Waals surface area contributed by atoms with Gasteiger partial charge in [0.15, 0.2) is 12.1 Å². The number of ether oxygens (including phenoxy) is 3. The molecule has 5 rings (SSSR count). The molecule has 2 aliphatic carbocycles. The van der Waals surface area contributed by atoms with Crippen LogP contribution < -0.4 is 0 Å². The quantitative estimate of drug-likeness (QED) is 0.198. The average molecular weight is 614 g/mol. The molecule has 2 aromatic carbocycles. The summed E-state index contributed by atoms with van der Waals surface area (Å²) in [6.45, 7) is 2.88. The predicted octanol–water partition coefficient (Wildman–Crippen LogP) is 1.43. The van der Waals surface area contributed by atoms with Crippen molar-refractivity contribution in [1.29, 1.82) is 0 Å². The minimum Gasteiger partial charge on any atom is -0.507 e. The largest absolute Gasteiger partial charge is 0.507 e. The van der Waals surface area contributed by atoms with Crippen LogP contribution in [0.15, 0.2) is 18.2 Å². The molecule has 1 aliphatic heterocycles. The van der Waals surface area contributed by atoms with Crippen LogP contribution in [0.4, 0.5) is 0 Å². The Balaban J connectivity index is 1.73. The highest BCUT2D eigenvalue weighted by Gasteiger charge is 2.54. The van der Waals surface area contributed by atoms with Crippen LogP contribution in [-0.2, 0) is 23.8 Å². The number of phenols is 3. The second-order valence-electron chi connectivity index (χ2n) is 12.0. The highest BCUT2D eigenvalue weighted by atomic mass is 16.7. The number of ketones is 3. The van der Waals surface area contributed by atoms with Crippen LogP contribution in [0.3, 0.4) is 0 Å². The second kappa shape index (κ2) is 11.2. The molecular weight excluding hydrogens is 578 g/mol. The number of rotatable bonds is 6. The summed E-state index contributed by atoms with van der Waals surface area (Å²) < 4.78 is 17.2. The number of carbonyl (C=O) groups excluding carboxylic acids is 4. The lowest BCUT2D eigenvalue weighted by Crippen LogP contribution is -2.54. The predicted molar refractivity (Wildman–Crippen MR) is 151 cm³/mol. The van der Waals surface area contributed by atoms with Crippen LogP contribution in [0.1, 0.15) is 88.1 Å². The number of carbonyl (C=O) groups is 4. The zero-order valence-electron chi connectivity index (χ0n) is 24.9. The fraction of sp³-hybridized carbons (Fsp3) is 0.484. The fourth-order valence-electron chi connectivity index (χ4n) is 6.82. The first-order valence-electron chi connectivity index (χ1n) is 14.1. The standard InChI is InChI=1S/C31H35NO12/c1-12(33)10-31(41)11-19(44-20-9-16(32(3)4)26(36)13(2)43-20)21-14(25(31)30(40)42-5)8-15-22(28(21)38)29(39)24-18(35)7-6-17(34)23(24)27(15)37/h6-8,13,16,19-20,25-26,34-36,38,41H,9-11H2,1-5H3/t13?,16?,19?,20-,25-,26+,31-/m0/s1. The zero-order valence-corrected chi connectivity index (χ0v) is 24.9. The van der Waals surface area contributed by atoms with Crippen molar-refractivity contribution < 1.29 is 58.9 Å². The van der Waals surface area contributed by atoms with E-state index in [-0.39, 0.29) is 17.5 Å². The number of aliphatic hydroxyl groups excluding tert-OH is 1. The molecule has 1 saturated heterocycles. The van der Waals surface area contributed by atoms with Gasteiger partial charge in [0.2, 0.25) is 5.78 Å². The van der Waals surface area contributed by atoms with Crippen LogP contribution in [0, 0.1) is 0 Å². The Hall–Kier alpha value is -3.88. The van der Waals surface area contributed by atoms with Crippen molar-refractivity contribution in [2.75, 3.05) is 21.2 Å². The summed E-state index contributed by atoms with van der Waals surface area (Å²) >= 11 is 0. The zero-order chi connectivity index (χ0) is 32.4. The van der Waals surface area contributed by atoms with Crippen LogP contribution in [-0.4, -0.2) is 105 Å². The molecule has 0 spiro atoms. The number of likely N-dealkylation sites (N-methyl/N-ethyl adjacent to an activating group) is 1. The summed E-state index contributed by atoms with van der Waals surface area (Å²) in [6.07, 6.45) is -4.57. The van der Waals surface area contributed by atoms with Crippen LogP contribution in [0.25, 0.3) is 0 Å². The smallest absolute Gasteiger partial charge is 0.316 e. The van der Waals surface area contributed by atoms with Gasteiger partial charge in [-0.05, 0) is 51.7 Å². The highest BCUT2D eigenvalue weighted by Crippen LogP contribution is 2.54. The Bertz CT molecular complexity index is 1570. The maximum Gasteiger partial charge on any atom is 0.316 e. The number of nitrogens with zero attached hydrogens (tertiary/aromatic N) is 1. The monoisotopic (exact) mass is 613 g/mol. The first-order valence-corrected chi connectivity index (χ1v) is 14.1. The first kappa shape index (κ1) is 31.5. The maximum absolute atomic E-state index is 13.7. The van der Waals surface area contributed by atoms with Gasteiger partial charge in [-0.3, -0.25) is 19.2 Å². The maximum atomic E-state index is 13.7. The molecule has 13 nitrogen and oxygen atoms in total. The molecule has 0 amide bonds. The van der Waals surface area contributed by atoms with Crippen molar-refractivity contribution >= 4 is 23.3 Å². The van der Waals surface area contributed by atoms with Crippen molar-refractivity contribution in [2.45, 2.75) is 75.3 Å². The Morgan fingerprint density at radius 1 is 1.07 bits per heavy atom. The molecule has 0 aromatic heterocycles. The third-order valence-corrected chi connectivity index (χ3v) is 8.82. The van der Waals surface area contributed by atoms with Crippen LogP contribution in [0.5, 0.6) is 17.2 Å². The van der Waals surface area contributed by atoms with Crippen LogP contribution in [0.2, 0.25) is 0 Å². The SMILES string of the molecule is COC(=O)[C@@H]1c2cc3c(c(O)c2C(O[C@H]2CC(N(C)C)[C@H](O)C(C)O2)C[C@@]1(O)CC(C)=O)C(=O)c1c(O)ccc(O)c1C3=O. The number of methoxy groups -OCH3 is 1. The normalized spacial score (nSPS) is 29.5. The number of phenolic OH excluding ortho intramolecular Hbond substituents is 3. The van der Waals surface area contributed by atoms with Crippen molar-refractivity contribution in [3.63, 3.8) is 0 Å². The van der Waals surface area contributed by atoms with Gasteiger partial charge in [0.25, 0.3) is 0 Å². The molecule has 3 aliphatic rings. The van der Waals surface area contributed by atoms with E-state index in [1.54, 1.807) is 25.9 Å². The Kier molecular flexibility index (Phi) is 8.06. The molecule has 0 radical (unpaired) electrons. The van der Waals surface area contributed by atoms with Crippen molar-refractivity contribution in [1.82, 2.24) is 4.90 Å². The molecule has 1 fully saturated rings. The summed E-state index contributed by atoms with van der Waals surface area (Å²) in [5, 5.41) is 55.2. The molecule has 44 heavy (non-hydrogen) atoms. The van der Waals surface area contributed by atoms with Gasteiger partial charge in [0.1, 0.15) is 28.9 Å². The number of aliphatic hydroxyl groups is 2. The number of esters is 1. The van der Waals surface area contributed by atoms with Crippen molar-refractivity contribution in [2.24, 2.45) is 0 Å². The van der Waals surface area contributed by atoms with Gasteiger partial charge < -0.3 is 44.6 Å². The van der Waals surface area contributed by atoms with Gasteiger partial charge in [0, 0.05) is 36.4 Å². The number of fused-ring (bicyclic) bond motifs is 3. The number of benzene rings is 2. The van der Waals surface area contributed by atoms with E-state index >= 15 is 0 Å². The highest BCUT2D eigenvalue weighted by molar-refractivity contribution is 6.31. The summed E-state index contributed by atoms with van der Waals surface area (Å²) in [7, 11) is 4.63. The molecule has 13 heteroatoms. The summed E-state index contributed by atoms with van der Waals surface area (Å²) in [6, 6.07) is 2.83. The molecule has 0 saturated carbocycles. The number of aromatic hydroxyl groups is 3. The van der Waals surface area contributed by atoms with E-state index < -0.39 is 118 Å². The molecule has 2 aromatic rings. The summed E-state index contributed by atoms with van der Waals surface area (Å²) in [4.78, 5) is 54.8. The van der Waals surface area contributed by atoms with E-state index in [2.05, 4.69) is 0 Å². The molecule has 0 bridgehead atoms. The third-order valence-electron chi connectivity index (χ3n) is 8.82.